The third-order valence-corrected chi connectivity index (χ3v) is 4.23. The molecule has 0 atom stereocenters. The molecule has 3 rings (SSSR count). The summed E-state index contributed by atoms with van der Waals surface area (Å²) in [6, 6.07) is 16.9. The zero-order valence-corrected chi connectivity index (χ0v) is 15.0. The second-order valence-electron chi connectivity index (χ2n) is 5.99. The van der Waals surface area contributed by atoms with Crippen molar-refractivity contribution < 1.29 is 9.53 Å². The number of aromatic nitrogens is 1. The van der Waals surface area contributed by atoms with Crippen molar-refractivity contribution in [2.75, 3.05) is 17.7 Å². The van der Waals surface area contributed by atoms with Gasteiger partial charge in [0.25, 0.3) is 5.91 Å². The number of amides is 1. The molecule has 1 amide bonds. The average Bonchev–Trinajstić information content (AvgIpc) is 2.66. The SMILES string of the molecule is COc1ccc(Nc2ccc(C(=O)Nc3cccc(C)c3C)nc2)cc1. The van der Waals surface area contributed by atoms with Crippen molar-refractivity contribution in [3.05, 3.63) is 77.6 Å². The van der Waals surface area contributed by atoms with E-state index in [2.05, 4.69) is 15.6 Å². The molecule has 0 spiro atoms. The van der Waals surface area contributed by atoms with Crippen molar-refractivity contribution in [2.45, 2.75) is 13.8 Å². The first-order chi connectivity index (χ1) is 12.6. The molecule has 0 saturated heterocycles. The molecule has 0 aliphatic carbocycles. The third-order valence-electron chi connectivity index (χ3n) is 4.23. The number of hydrogen-bond donors (Lipinski definition) is 2. The van der Waals surface area contributed by atoms with Crippen molar-refractivity contribution >= 4 is 23.0 Å². The van der Waals surface area contributed by atoms with Gasteiger partial charge < -0.3 is 15.4 Å². The molecule has 1 heterocycles. The Morgan fingerprint density at radius 2 is 1.69 bits per heavy atom. The van der Waals surface area contributed by atoms with Gasteiger partial charge in [-0.1, -0.05) is 12.1 Å². The number of anilines is 3. The summed E-state index contributed by atoms with van der Waals surface area (Å²) in [6.45, 7) is 4.00. The van der Waals surface area contributed by atoms with Gasteiger partial charge in [0.1, 0.15) is 11.4 Å². The van der Waals surface area contributed by atoms with Crippen LogP contribution in [-0.4, -0.2) is 18.0 Å². The number of benzene rings is 2. The van der Waals surface area contributed by atoms with Crippen LogP contribution < -0.4 is 15.4 Å². The topological polar surface area (TPSA) is 63.2 Å². The van der Waals surface area contributed by atoms with E-state index >= 15 is 0 Å². The molecule has 0 fully saturated rings. The second-order valence-corrected chi connectivity index (χ2v) is 5.99. The molecule has 0 aliphatic heterocycles. The van der Waals surface area contributed by atoms with Gasteiger partial charge in [-0.3, -0.25) is 4.79 Å². The highest BCUT2D eigenvalue weighted by molar-refractivity contribution is 6.03. The molecule has 2 N–H and O–H groups in total. The molecular weight excluding hydrogens is 326 g/mol. The molecule has 1 aromatic heterocycles. The number of ether oxygens (including phenoxy) is 1. The van der Waals surface area contributed by atoms with Gasteiger partial charge in [0.05, 0.1) is 19.0 Å². The minimum atomic E-state index is -0.227. The first-order valence-electron chi connectivity index (χ1n) is 8.31. The number of rotatable bonds is 5. The predicted molar refractivity (Wildman–Crippen MR) is 104 cm³/mol. The summed E-state index contributed by atoms with van der Waals surface area (Å²) in [4.78, 5) is 16.7. The van der Waals surface area contributed by atoms with E-state index in [0.29, 0.717) is 5.69 Å². The second kappa shape index (κ2) is 7.70. The van der Waals surface area contributed by atoms with E-state index in [0.717, 1.165) is 33.9 Å². The van der Waals surface area contributed by atoms with Crippen LogP contribution in [0.3, 0.4) is 0 Å². The number of nitrogens with one attached hydrogen (secondary N) is 2. The highest BCUT2D eigenvalue weighted by Gasteiger charge is 2.10. The number of carbonyl (C=O) groups excluding carboxylic acids is 1. The highest BCUT2D eigenvalue weighted by Crippen LogP contribution is 2.21. The van der Waals surface area contributed by atoms with Crippen LogP contribution in [-0.2, 0) is 0 Å². The number of pyridine rings is 1. The fraction of sp³-hybridized carbons (Fsp3) is 0.143. The Labute approximate surface area is 153 Å². The first-order valence-corrected chi connectivity index (χ1v) is 8.31. The van der Waals surface area contributed by atoms with E-state index in [4.69, 9.17) is 4.74 Å². The maximum absolute atomic E-state index is 12.4. The Hall–Kier alpha value is -3.34. The van der Waals surface area contributed by atoms with Crippen LogP contribution in [0.25, 0.3) is 0 Å². The molecule has 3 aromatic rings. The summed E-state index contributed by atoms with van der Waals surface area (Å²) >= 11 is 0. The summed E-state index contributed by atoms with van der Waals surface area (Å²) in [5, 5.41) is 6.15. The Bertz CT molecular complexity index is 904. The van der Waals surface area contributed by atoms with E-state index in [9.17, 15) is 4.79 Å². The monoisotopic (exact) mass is 347 g/mol. The number of nitrogens with zero attached hydrogens (tertiary/aromatic N) is 1. The van der Waals surface area contributed by atoms with Gasteiger partial charge in [-0.15, -0.1) is 0 Å². The van der Waals surface area contributed by atoms with Crippen molar-refractivity contribution in [2.24, 2.45) is 0 Å². The van der Waals surface area contributed by atoms with Gasteiger partial charge in [0.2, 0.25) is 0 Å². The molecule has 5 nitrogen and oxygen atoms in total. The number of hydrogen-bond acceptors (Lipinski definition) is 4. The fourth-order valence-electron chi connectivity index (χ4n) is 2.52. The highest BCUT2D eigenvalue weighted by atomic mass is 16.5. The minimum Gasteiger partial charge on any atom is -0.497 e. The van der Waals surface area contributed by atoms with Gasteiger partial charge >= 0.3 is 0 Å². The lowest BCUT2D eigenvalue weighted by Crippen LogP contribution is -2.14. The van der Waals surface area contributed by atoms with Crippen LogP contribution in [0.4, 0.5) is 17.1 Å². The van der Waals surface area contributed by atoms with Gasteiger partial charge in [-0.05, 0) is 67.4 Å². The molecule has 0 saturated carbocycles. The number of aryl methyl sites for hydroxylation is 1. The Morgan fingerprint density at radius 1 is 0.962 bits per heavy atom. The molecule has 0 unspecified atom stereocenters. The lowest BCUT2D eigenvalue weighted by atomic mass is 10.1. The molecule has 5 heteroatoms. The average molecular weight is 347 g/mol. The van der Waals surface area contributed by atoms with E-state index < -0.39 is 0 Å². The minimum absolute atomic E-state index is 0.227. The van der Waals surface area contributed by atoms with Crippen LogP contribution in [0.1, 0.15) is 21.6 Å². The molecule has 26 heavy (non-hydrogen) atoms. The Kier molecular flexibility index (Phi) is 5.17. The van der Waals surface area contributed by atoms with Gasteiger partial charge in [0.15, 0.2) is 0 Å². The lowest BCUT2D eigenvalue weighted by Gasteiger charge is -2.11. The normalized spacial score (nSPS) is 10.3. The van der Waals surface area contributed by atoms with Crippen LogP contribution in [0, 0.1) is 13.8 Å². The van der Waals surface area contributed by atoms with Crippen molar-refractivity contribution in [3.63, 3.8) is 0 Å². The number of methoxy groups -OCH3 is 1. The molecule has 0 bridgehead atoms. The smallest absolute Gasteiger partial charge is 0.274 e. The quantitative estimate of drug-likeness (QED) is 0.702. The standard InChI is InChI=1S/C21H21N3O2/c1-14-5-4-6-19(15(14)2)24-21(25)20-12-9-17(13-22-20)23-16-7-10-18(26-3)11-8-16/h4-13,23H,1-3H3,(H,24,25). The van der Waals surface area contributed by atoms with E-state index in [1.165, 1.54) is 0 Å². The molecule has 0 aliphatic rings. The molecule has 0 radical (unpaired) electrons. The third kappa shape index (κ3) is 4.00. The van der Waals surface area contributed by atoms with E-state index in [-0.39, 0.29) is 5.91 Å². The van der Waals surface area contributed by atoms with Crippen LogP contribution in [0.2, 0.25) is 0 Å². The summed E-state index contributed by atoms with van der Waals surface area (Å²) in [5.41, 5.74) is 5.08. The Morgan fingerprint density at radius 3 is 2.35 bits per heavy atom. The summed E-state index contributed by atoms with van der Waals surface area (Å²) in [6.07, 6.45) is 1.64. The number of carbonyl (C=O) groups is 1. The predicted octanol–water partition coefficient (Wildman–Crippen LogP) is 4.70. The van der Waals surface area contributed by atoms with Crippen molar-refractivity contribution in [1.82, 2.24) is 4.98 Å². The maximum Gasteiger partial charge on any atom is 0.274 e. The van der Waals surface area contributed by atoms with E-state index in [1.54, 1.807) is 19.4 Å². The molecule has 132 valence electrons. The molecular formula is C21H21N3O2. The largest absolute Gasteiger partial charge is 0.497 e. The fourth-order valence-corrected chi connectivity index (χ4v) is 2.52. The van der Waals surface area contributed by atoms with Crippen molar-refractivity contribution in [3.8, 4) is 5.75 Å². The Balaban J connectivity index is 1.68. The molecule has 2 aromatic carbocycles. The summed E-state index contributed by atoms with van der Waals surface area (Å²) in [7, 11) is 1.63. The van der Waals surface area contributed by atoms with Gasteiger partial charge in [0, 0.05) is 11.4 Å². The summed E-state index contributed by atoms with van der Waals surface area (Å²) < 4.78 is 5.14. The zero-order chi connectivity index (χ0) is 18.5. The van der Waals surface area contributed by atoms with Crippen LogP contribution in [0.5, 0.6) is 5.75 Å². The maximum atomic E-state index is 12.4. The van der Waals surface area contributed by atoms with Crippen molar-refractivity contribution in [1.29, 1.82) is 0 Å². The van der Waals surface area contributed by atoms with Gasteiger partial charge in [-0.2, -0.15) is 0 Å². The lowest BCUT2D eigenvalue weighted by molar-refractivity contribution is 0.102. The summed E-state index contributed by atoms with van der Waals surface area (Å²) in [5.74, 6) is 0.571. The van der Waals surface area contributed by atoms with Crippen LogP contribution in [0.15, 0.2) is 60.8 Å². The van der Waals surface area contributed by atoms with E-state index in [1.807, 2.05) is 62.4 Å². The first kappa shape index (κ1) is 17.5. The van der Waals surface area contributed by atoms with Crippen LogP contribution >= 0.6 is 0 Å². The zero-order valence-electron chi connectivity index (χ0n) is 15.0. The van der Waals surface area contributed by atoms with Gasteiger partial charge in [-0.25, -0.2) is 4.98 Å².